The topological polar surface area (TPSA) is 8.17 Å². The molecule has 0 fully saturated rings. The van der Waals surface area contributed by atoms with Crippen LogP contribution in [0.4, 0.5) is 17.1 Å². The van der Waals surface area contributed by atoms with Crippen molar-refractivity contribution in [3.63, 3.8) is 0 Å². The Morgan fingerprint density at radius 1 is 0.316 bits per heavy atom. The number of nitrogens with zero attached hydrogens (tertiary/aromatic N) is 2. The molecule has 0 atom stereocenters. The molecule has 0 N–H and O–H groups in total. The van der Waals surface area contributed by atoms with Gasteiger partial charge in [-0.25, -0.2) is 0 Å². The molecule has 57 heavy (non-hydrogen) atoms. The zero-order valence-corrected chi connectivity index (χ0v) is 31.2. The lowest BCUT2D eigenvalue weighted by molar-refractivity contribution is 0.794. The summed E-state index contributed by atoms with van der Waals surface area (Å²) in [4.78, 5) is 2.37. The van der Waals surface area contributed by atoms with Crippen molar-refractivity contribution in [2.24, 2.45) is 0 Å². The molecule has 1 heterocycles. The van der Waals surface area contributed by atoms with E-state index >= 15 is 0 Å². The van der Waals surface area contributed by atoms with Crippen LogP contribution in [0.2, 0.25) is 0 Å². The van der Waals surface area contributed by atoms with Crippen LogP contribution < -0.4 is 4.90 Å². The molecular weight excluding hydrogens is 689 g/mol. The van der Waals surface area contributed by atoms with Crippen LogP contribution in [0.25, 0.3) is 60.9 Å². The van der Waals surface area contributed by atoms with Gasteiger partial charge in [-0.1, -0.05) is 158 Å². The molecule has 266 valence electrons. The number of hydrogen-bond acceptors (Lipinski definition) is 1. The van der Waals surface area contributed by atoms with Crippen LogP contribution in [0.3, 0.4) is 0 Å². The Hall–Kier alpha value is -7.42. The molecule has 1 aromatic heterocycles. The molecule has 0 radical (unpaired) electrons. The molecule has 0 saturated heterocycles. The molecule has 9 aromatic carbocycles. The van der Waals surface area contributed by atoms with Gasteiger partial charge in [0.05, 0.1) is 16.4 Å². The molecule has 0 saturated carbocycles. The van der Waals surface area contributed by atoms with Gasteiger partial charge in [-0.05, 0) is 116 Å². The van der Waals surface area contributed by atoms with Gasteiger partial charge in [0.1, 0.15) is 0 Å². The third kappa shape index (κ3) is 4.53. The third-order valence-corrected chi connectivity index (χ3v) is 12.4. The van der Waals surface area contributed by atoms with Crippen molar-refractivity contribution in [2.45, 2.75) is 5.41 Å². The van der Waals surface area contributed by atoms with E-state index in [1.807, 2.05) is 0 Å². The molecule has 2 nitrogen and oxygen atoms in total. The van der Waals surface area contributed by atoms with Gasteiger partial charge in [0.25, 0.3) is 0 Å². The van der Waals surface area contributed by atoms with Crippen LogP contribution in [0.15, 0.2) is 218 Å². The van der Waals surface area contributed by atoms with Gasteiger partial charge in [0.15, 0.2) is 0 Å². The summed E-state index contributed by atoms with van der Waals surface area (Å²) in [5.74, 6) is 0. The van der Waals surface area contributed by atoms with Crippen LogP contribution in [0.5, 0.6) is 0 Å². The maximum atomic E-state index is 2.47. The molecule has 0 unspecified atom stereocenters. The Balaban J connectivity index is 0.999. The van der Waals surface area contributed by atoms with Gasteiger partial charge in [-0.15, -0.1) is 0 Å². The van der Waals surface area contributed by atoms with E-state index in [-0.39, 0.29) is 5.41 Å². The minimum atomic E-state index is -0.361. The zero-order valence-electron chi connectivity index (χ0n) is 31.2. The Morgan fingerprint density at radius 3 is 1.47 bits per heavy atom. The standard InChI is InChI=1S/C55H36N2/c1-3-15-39(16-4-1)56(42-32-34-48-47-22-10-14-26-53(47)57(54(48)36-42)40-17-5-2-6-18-40)41-30-27-37(28-31-41)38-29-33-46-45-21-9-13-25-51(45)55(52(46)35-38)49-23-11-7-19-43(49)44-20-8-12-24-50(44)55/h1-36H. The summed E-state index contributed by atoms with van der Waals surface area (Å²) in [7, 11) is 0. The van der Waals surface area contributed by atoms with E-state index < -0.39 is 0 Å². The van der Waals surface area contributed by atoms with E-state index in [1.165, 1.54) is 77.4 Å². The van der Waals surface area contributed by atoms with Gasteiger partial charge in [-0.3, -0.25) is 0 Å². The Kier molecular flexibility index (Phi) is 6.88. The maximum absolute atomic E-state index is 2.47. The highest BCUT2D eigenvalue weighted by atomic mass is 15.1. The predicted octanol–water partition coefficient (Wildman–Crippen LogP) is 14.3. The van der Waals surface area contributed by atoms with Gasteiger partial charge >= 0.3 is 0 Å². The van der Waals surface area contributed by atoms with Gasteiger partial charge < -0.3 is 9.47 Å². The van der Waals surface area contributed by atoms with Gasteiger partial charge in [-0.2, -0.15) is 0 Å². The lowest BCUT2D eigenvalue weighted by Gasteiger charge is -2.30. The van der Waals surface area contributed by atoms with Crippen LogP contribution in [0.1, 0.15) is 22.3 Å². The largest absolute Gasteiger partial charge is 0.310 e. The van der Waals surface area contributed by atoms with E-state index in [0.29, 0.717) is 0 Å². The molecule has 10 aromatic rings. The minimum absolute atomic E-state index is 0.361. The highest BCUT2D eigenvalue weighted by molar-refractivity contribution is 6.10. The fourth-order valence-corrected chi connectivity index (χ4v) is 10.1. The third-order valence-electron chi connectivity index (χ3n) is 12.4. The molecule has 1 spiro atoms. The number of rotatable bonds is 5. The lowest BCUT2D eigenvalue weighted by atomic mass is 9.70. The number of aromatic nitrogens is 1. The Morgan fingerprint density at radius 2 is 0.807 bits per heavy atom. The van der Waals surface area contributed by atoms with E-state index in [9.17, 15) is 0 Å². The molecular formula is C55H36N2. The lowest BCUT2D eigenvalue weighted by Crippen LogP contribution is -2.25. The molecule has 12 rings (SSSR count). The maximum Gasteiger partial charge on any atom is 0.0725 e. The van der Waals surface area contributed by atoms with Crippen LogP contribution >= 0.6 is 0 Å². The van der Waals surface area contributed by atoms with Crippen LogP contribution in [-0.2, 0) is 5.41 Å². The molecule has 2 heteroatoms. The molecule has 0 bridgehead atoms. The fourth-order valence-electron chi connectivity index (χ4n) is 10.1. The van der Waals surface area contributed by atoms with Crippen molar-refractivity contribution < 1.29 is 0 Å². The van der Waals surface area contributed by atoms with Gasteiger partial charge in [0.2, 0.25) is 0 Å². The first-order valence-corrected chi connectivity index (χ1v) is 19.8. The quantitative estimate of drug-likeness (QED) is 0.172. The van der Waals surface area contributed by atoms with E-state index in [0.717, 1.165) is 22.7 Å². The fraction of sp³-hybridized carbons (Fsp3) is 0.0182. The summed E-state index contributed by atoms with van der Waals surface area (Å²) in [6, 6.07) is 80.3. The number of benzene rings is 9. The van der Waals surface area contributed by atoms with Crippen LogP contribution in [0, 0.1) is 0 Å². The van der Waals surface area contributed by atoms with Crippen molar-refractivity contribution in [2.75, 3.05) is 4.90 Å². The van der Waals surface area contributed by atoms with E-state index in [2.05, 4.69) is 228 Å². The number of anilines is 3. The Labute approximate surface area is 332 Å². The zero-order chi connectivity index (χ0) is 37.5. The molecule has 0 aliphatic heterocycles. The second-order valence-corrected chi connectivity index (χ2v) is 15.3. The second-order valence-electron chi connectivity index (χ2n) is 15.3. The first-order chi connectivity index (χ1) is 28.3. The van der Waals surface area contributed by atoms with Crippen molar-refractivity contribution in [3.8, 4) is 39.1 Å². The predicted molar refractivity (Wildman–Crippen MR) is 237 cm³/mol. The SMILES string of the molecule is c1ccc(N(c2ccc(-c3ccc4c(c3)C3(c5ccccc5-c5ccccc53)c3ccccc3-4)cc2)c2ccc3c4ccccc4n(-c4ccccc4)c3c2)cc1. The monoisotopic (exact) mass is 724 g/mol. The smallest absolute Gasteiger partial charge is 0.0725 e. The van der Waals surface area contributed by atoms with E-state index in [4.69, 9.17) is 0 Å². The second kappa shape index (κ2) is 12.3. The number of hydrogen-bond donors (Lipinski definition) is 0. The minimum Gasteiger partial charge on any atom is -0.310 e. The summed E-state index contributed by atoms with van der Waals surface area (Å²) in [5, 5.41) is 2.49. The average molecular weight is 725 g/mol. The first kappa shape index (κ1) is 31.9. The normalized spacial score (nSPS) is 13.1. The number of fused-ring (bicyclic) bond motifs is 13. The number of para-hydroxylation sites is 3. The first-order valence-electron chi connectivity index (χ1n) is 19.8. The van der Waals surface area contributed by atoms with Gasteiger partial charge in [0, 0.05) is 33.5 Å². The van der Waals surface area contributed by atoms with Crippen molar-refractivity contribution in [3.05, 3.63) is 241 Å². The molecule has 2 aliphatic rings. The van der Waals surface area contributed by atoms with Crippen molar-refractivity contribution in [1.29, 1.82) is 0 Å². The summed E-state index contributed by atoms with van der Waals surface area (Å²) in [6.07, 6.45) is 0. The summed E-state index contributed by atoms with van der Waals surface area (Å²) >= 11 is 0. The van der Waals surface area contributed by atoms with E-state index in [1.54, 1.807) is 0 Å². The summed E-state index contributed by atoms with van der Waals surface area (Å²) in [6.45, 7) is 0. The Bertz CT molecular complexity index is 3110. The average Bonchev–Trinajstić information content (AvgIpc) is 3.89. The highest BCUT2D eigenvalue weighted by Gasteiger charge is 2.51. The van der Waals surface area contributed by atoms with Crippen molar-refractivity contribution in [1.82, 2.24) is 4.57 Å². The highest BCUT2D eigenvalue weighted by Crippen LogP contribution is 2.63. The summed E-state index contributed by atoms with van der Waals surface area (Å²) in [5.41, 5.74) is 19.7. The van der Waals surface area contributed by atoms with Crippen molar-refractivity contribution >= 4 is 38.9 Å². The summed E-state index contributed by atoms with van der Waals surface area (Å²) < 4.78 is 2.39. The molecule has 2 aliphatic carbocycles. The molecule has 0 amide bonds. The van der Waals surface area contributed by atoms with Crippen LogP contribution in [-0.4, -0.2) is 4.57 Å².